The van der Waals surface area contributed by atoms with Gasteiger partial charge in [0, 0.05) is 24.3 Å². The van der Waals surface area contributed by atoms with Crippen LogP contribution in [0.5, 0.6) is 0 Å². The van der Waals surface area contributed by atoms with Gasteiger partial charge < -0.3 is 10.2 Å². The van der Waals surface area contributed by atoms with Gasteiger partial charge in [0.05, 0.1) is 5.92 Å². The molecule has 4 nitrogen and oxygen atoms in total. The van der Waals surface area contributed by atoms with Crippen LogP contribution < -0.4 is 10.2 Å². The highest BCUT2D eigenvalue weighted by atomic mass is 16.2. The van der Waals surface area contributed by atoms with Crippen molar-refractivity contribution in [3.63, 3.8) is 0 Å². The van der Waals surface area contributed by atoms with Crippen LogP contribution in [0.4, 0.5) is 11.4 Å². The molecule has 0 radical (unpaired) electrons. The van der Waals surface area contributed by atoms with Crippen molar-refractivity contribution in [2.45, 2.75) is 34.1 Å². The number of nitrogens with one attached hydrogen (secondary N) is 1. The molecule has 1 aliphatic heterocycles. The van der Waals surface area contributed by atoms with Gasteiger partial charge in [-0.1, -0.05) is 35.9 Å². The lowest BCUT2D eigenvalue weighted by atomic mass is 10.0. The average Bonchev–Trinajstić information content (AvgIpc) is 2.93. The summed E-state index contributed by atoms with van der Waals surface area (Å²) >= 11 is 0. The number of hydrogen-bond donors (Lipinski definition) is 1. The van der Waals surface area contributed by atoms with Crippen molar-refractivity contribution >= 4 is 23.2 Å². The summed E-state index contributed by atoms with van der Waals surface area (Å²) in [5, 5.41) is 3.04. The van der Waals surface area contributed by atoms with Gasteiger partial charge in [0.2, 0.25) is 11.8 Å². The molecular weight excluding hydrogens is 312 g/mol. The normalized spacial score (nSPS) is 17.0. The summed E-state index contributed by atoms with van der Waals surface area (Å²) in [6.07, 6.45) is 0.254. The molecule has 25 heavy (non-hydrogen) atoms. The van der Waals surface area contributed by atoms with E-state index in [4.69, 9.17) is 0 Å². The second-order valence-electron chi connectivity index (χ2n) is 6.95. The van der Waals surface area contributed by atoms with Crippen LogP contribution in [0.2, 0.25) is 0 Å². The van der Waals surface area contributed by atoms with Crippen LogP contribution in [-0.4, -0.2) is 18.4 Å². The summed E-state index contributed by atoms with van der Waals surface area (Å²) < 4.78 is 0. The molecule has 1 atom stereocenters. The van der Waals surface area contributed by atoms with Crippen LogP contribution >= 0.6 is 0 Å². The molecule has 0 bridgehead atoms. The predicted octanol–water partition coefficient (Wildman–Crippen LogP) is 3.91. The zero-order valence-corrected chi connectivity index (χ0v) is 15.2. The highest BCUT2D eigenvalue weighted by molar-refractivity contribution is 6.04. The third-order valence-corrected chi connectivity index (χ3v) is 4.83. The van der Waals surface area contributed by atoms with E-state index >= 15 is 0 Å². The molecule has 2 aromatic carbocycles. The number of benzene rings is 2. The Kier molecular flexibility index (Phi) is 4.62. The van der Waals surface area contributed by atoms with Gasteiger partial charge in [0.1, 0.15) is 0 Å². The maximum Gasteiger partial charge on any atom is 0.229 e. The van der Waals surface area contributed by atoms with Crippen LogP contribution in [0.25, 0.3) is 0 Å². The van der Waals surface area contributed by atoms with Gasteiger partial charge in [0.25, 0.3) is 0 Å². The number of aryl methyl sites for hydroxylation is 4. The Hall–Kier alpha value is -2.62. The molecule has 3 rings (SSSR count). The third-order valence-electron chi connectivity index (χ3n) is 4.83. The van der Waals surface area contributed by atoms with Crippen molar-refractivity contribution in [2.75, 3.05) is 16.8 Å². The van der Waals surface area contributed by atoms with Gasteiger partial charge in [-0.05, 0) is 50.5 Å². The number of anilines is 2. The molecule has 1 heterocycles. The van der Waals surface area contributed by atoms with E-state index < -0.39 is 0 Å². The Morgan fingerprint density at radius 1 is 1.04 bits per heavy atom. The minimum Gasteiger partial charge on any atom is -0.325 e. The number of carbonyl (C=O) groups is 2. The van der Waals surface area contributed by atoms with Gasteiger partial charge in [-0.3, -0.25) is 9.59 Å². The smallest absolute Gasteiger partial charge is 0.229 e. The fourth-order valence-corrected chi connectivity index (χ4v) is 3.58. The molecular formula is C21H24N2O2. The second-order valence-corrected chi connectivity index (χ2v) is 6.95. The van der Waals surface area contributed by atoms with E-state index in [0.717, 1.165) is 28.1 Å². The Labute approximate surface area is 148 Å². The fourth-order valence-electron chi connectivity index (χ4n) is 3.58. The monoisotopic (exact) mass is 336 g/mol. The molecule has 4 heteroatoms. The van der Waals surface area contributed by atoms with Crippen molar-refractivity contribution in [1.82, 2.24) is 0 Å². The van der Waals surface area contributed by atoms with E-state index in [1.54, 1.807) is 4.90 Å². The van der Waals surface area contributed by atoms with Crippen LogP contribution in [0.3, 0.4) is 0 Å². The van der Waals surface area contributed by atoms with E-state index in [1.165, 1.54) is 5.56 Å². The first-order valence-electron chi connectivity index (χ1n) is 8.61. The first kappa shape index (κ1) is 17.2. The number of nitrogens with zero attached hydrogens (tertiary/aromatic N) is 1. The van der Waals surface area contributed by atoms with Crippen LogP contribution in [0.1, 0.15) is 28.7 Å². The minimum absolute atomic E-state index is 0.00630. The lowest BCUT2D eigenvalue weighted by Crippen LogP contribution is -2.28. The summed E-state index contributed by atoms with van der Waals surface area (Å²) in [7, 11) is 0. The molecule has 1 fully saturated rings. The first-order valence-corrected chi connectivity index (χ1v) is 8.61. The number of rotatable bonds is 3. The summed E-state index contributed by atoms with van der Waals surface area (Å²) in [6.45, 7) is 8.44. The van der Waals surface area contributed by atoms with Gasteiger partial charge in [-0.15, -0.1) is 0 Å². The van der Waals surface area contributed by atoms with Crippen LogP contribution in [0, 0.1) is 33.6 Å². The van der Waals surface area contributed by atoms with E-state index in [1.807, 2.05) is 52.0 Å². The lowest BCUT2D eigenvalue weighted by molar-refractivity contribution is -0.122. The van der Waals surface area contributed by atoms with Gasteiger partial charge in [0.15, 0.2) is 0 Å². The number of para-hydroxylation sites is 1. The zero-order chi connectivity index (χ0) is 18.1. The molecule has 0 saturated carbocycles. The van der Waals surface area contributed by atoms with Crippen LogP contribution in [-0.2, 0) is 9.59 Å². The Balaban J connectivity index is 1.77. The van der Waals surface area contributed by atoms with Crippen LogP contribution in [0.15, 0.2) is 36.4 Å². The molecule has 1 N–H and O–H groups in total. The minimum atomic E-state index is -0.327. The second kappa shape index (κ2) is 6.71. The van der Waals surface area contributed by atoms with Gasteiger partial charge in [-0.2, -0.15) is 0 Å². The highest BCUT2D eigenvalue weighted by Gasteiger charge is 2.35. The number of amides is 2. The number of carbonyl (C=O) groups excluding carboxylic acids is 2. The van der Waals surface area contributed by atoms with E-state index in [9.17, 15) is 9.59 Å². The molecule has 1 aliphatic rings. The van der Waals surface area contributed by atoms with Gasteiger partial charge >= 0.3 is 0 Å². The van der Waals surface area contributed by atoms with Crippen molar-refractivity contribution in [3.8, 4) is 0 Å². The van der Waals surface area contributed by atoms with Gasteiger partial charge in [-0.25, -0.2) is 0 Å². The molecule has 130 valence electrons. The highest BCUT2D eigenvalue weighted by Crippen LogP contribution is 2.29. The lowest BCUT2D eigenvalue weighted by Gasteiger charge is -2.19. The molecule has 0 spiro atoms. The summed E-state index contributed by atoms with van der Waals surface area (Å²) in [5.74, 6) is -0.404. The topological polar surface area (TPSA) is 49.4 Å². The first-order chi connectivity index (χ1) is 11.9. The zero-order valence-electron chi connectivity index (χ0n) is 15.2. The average molecular weight is 336 g/mol. The largest absolute Gasteiger partial charge is 0.325 e. The molecule has 1 saturated heterocycles. The van der Waals surface area contributed by atoms with Crippen molar-refractivity contribution in [3.05, 3.63) is 58.7 Å². The predicted molar refractivity (Wildman–Crippen MR) is 101 cm³/mol. The quantitative estimate of drug-likeness (QED) is 0.924. The molecule has 2 amide bonds. The maximum absolute atomic E-state index is 12.7. The van der Waals surface area contributed by atoms with E-state index in [2.05, 4.69) is 17.4 Å². The molecule has 2 aromatic rings. The maximum atomic E-state index is 12.7. The Morgan fingerprint density at radius 3 is 2.32 bits per heavy atom. The van der Waals surface area contributed by atoms with Crippen molar-refractivity contribution in [1.29, 1.82) is 0 Å². The fraction of sp³-hybridized carbons (Fsp3) is 0.333. The molecule has 0 aliphatic carbocycles. The SMILES string of the molecule is Cc1cc(C)c(NC(=O)[C@@H]2CC(=O)N(c3ccccc3C)C2)c(C)c1. The van der Waals surface area contributed by atoms with E-state index in [-0.39, 0.29) is 24.2 Å². The molecule has 0 aromatic heterocycles. The summed E-state index contributed by atoms with van der Waals surface area (Å²) in [6, 6.07) is 11.9. The summed E-state index contributed by atoms with van der Waals surface area (Å²) in [5.41, 5.74) is 6.07. The molecule has 0 unspecified atom stereocenters. The Morgan fingerprint density at radius 2 is 1.68 bits per heavy atom. The number of hydrogen-bond acceptors (Lipinski definition) is 2. The third kappa shape index (κ3) is 3.43. The standard InChI is InChI=1S/C21H24N2O2/c1-13-9-15(3)20(16(4)10-13)22-21(25)17-11-19(24)23(12-17)18-8-6-5-7-14(18)2/h5-10,17H,11-12H2,1-4H3,(H,22,25)/t17-/m1/s1. The Bertz CT molecular complexity index is 819. The van der Waals surface area contributed by atoms with Crippen molar-refractivity contribution in [2.24, 2.45) is 5.92 Å². The summed E-state index contributed by atoms with van der Waals surface area (Å²) in [4.78, 5) is 26.9. The van der Waals surface area contributed by atoms with Crippen molar-refractivity contribution < 1.29 is 9.59 Å². The van der Waals surface area contributed by atoms with E-state index in [0.29, 0.717) is 6.54 Å².